The average Bonchev–Trinajstić information content (AvgIpc) is 3.11. The van der Waals surface area contributed by atoms with Crippen molar-refractivity contribution in [3.8, 4) is 0 Å². The van der Waals surface area contributed by atoms with Crippen molar-refractivity contribution >= 4 is 45.4 Å². The molecule has 1 unspecified atom stereocenters. The zero-order valence-corrected chi connectivity index (χ0v) is 12.9. The zero-order chi connectivity index (χ0) is 15.3. The fourth-order valence-electron chi connectivity index (χ4n) is 3.05. The van der Waals surface area contributed by atoms with Crippen LogP contribution in [0.4, 0.5) is 11.8 Å². The summed E-state index contributed by atoms with van der Waals surface area (Å²) in [6, 6.07) is 6.00. The maximum Gasteiger partial charge on any atom is 0.222 e. The Kier molecular flexibility index (Phi) is 3.09. The molecule has 0 spiro atoms. The highest BCUT2D eigenvalue weighted by Crippen LogP contribution is 2.37. The highest BCUT2D eigenvalue weighted by molar-refractivity contribution is 6.37. The summed E-state index contributed by atoms with van der Waals surface area (Å²) < 4.78 is 5.97. The van der Waals surface area contributed by atoms with E-state index in [0.717, 1.165) is 30.7 Å². The molecule has 1 fully saturated rings. The largest absolute Gasteiger partial charge is 0.450 e. The van der Waals surface area contributed by atoms with Crippen LogP contribution in [0.15, 0.2) is 22.6 Å². The predicted molar refractivity (Wildman–Crippen MR) is 88.4 cm³/mol. The van der Waals surface area contributed by atoms with Crippen molar-refractivity contribution < 1.29 is 4.42 Å². The average molecular weight is 318 g/mol. The van der Waals surface area contributed by atoms with Crippen molar-refractivity contribution in [1.82, 2.24) is 15.3 Å². The first kappa shape index (κ1) is 13.6. The molecule has 1 aliphatic heterocycles. The van der Waals surface area contributed by atoms with Crippen LogP contribution in [-0.4, -0.2) is 36.1 Å². The predicted octanol–water partition coefficient (Wildman–Crippen LogP) is 2.41. The Balaban J connectivity index is 1.95. The van der Waals surface area contributed by atoms with Gasteiger partial charge in [-0.25, -0.2) is 4.98 Å². The second-order valence-corrected chi connectivity index (χ2v) is 5.93. The van der Waals surface area contributed by atoms with Crippen molar-refractivity contribution in [3.63, 3.8) is 0 Å². The first-order valence-corrected chi connectivity index (χ1v) is 7.61. The number of fused-ring (bicyclic) bond motifs is 3. The number of nitrogens with two attached hydrogens (primary N) is 1. The van der Waals surface area contributed by atoms with E-state index in [1.165, 1.54) is 0 Å². The van der Waals surface area contributed by atoms with E-state index in [1.54, 1.807) is 0 Å². The first-order chi connectivity index (χ1) is 10.7. The fraction of sp³-hybridized carbons (Fsp3) is 0.333. The normalized spacial score (nSPS) is 18.6. The number of likely N-dealkylation sites (N-methyl/N-ethyl adjacent to an activating group) is 1. The van der Waals surface area contributed by atoms with Gasteiger partial charge in [-0.15, -0.1) is 0 Å². The van der Waals surface area contributed by atoms with Crippen molar-refractivity contribution in [2.24, 2.45) is 0 Å². The van der Waals surface area contributed by atoms with Crippen LogP contribution in [0, 0.1) is 0 Å². The molecule has 1 atom stereocenters. The summed E-state index contributed by atoms with van der Waals surface area (Å²) in [5.41, 5.74) is 7.94. The topological polar surface area (TPSA) is 80.2 Å². The van der Waals surface area contributed by atoms with Crippen LogP contribution in [0.2, 0.25) is 5.02 Å². The number of nitrogens with zero attached hydrogens (tertiary/aromatic N) is 3. The van der Waals surface area contributed by atoms with Crippen LogP contribution in [0.3, 0.4) is 0 Å². The summed E-state index contributed by atoms with van der Waals surface area (Å²) in [5, 5.41) is 4.69. The lowest BCUT2D eigenvalue weighted by atomic mass is 10.2. The van der Waals surface area contributed by atoms with Crippen molar-refractivity contribution in [3.05, 3.63) is 23.2 Å². The number of aromatic nitrogens is 2. The molecule has 1 aliphatic rings. The third-order valence-electron chi connectivity index (χ3n) is 4.19. The van der Waals surface area contributed by atoms with Crippen LogP contribution < -0.4 is 16.0 Å². The van der Waals surface area contributed by atoms with Crippen molar-refractivity contribution in [2.75, 3.05) is 30.8 Å². The lowest BCUT2D eigenvalue weighted by Crippen LogP contribution is -2.30. The molecular weight excluding hydrogens is 302 g/mol. The fourth-order valence-corrected chi connectivity index (χ4v) is 3.31. The Bertz CT molecular complexity index is 862. The van der Waals surface area contributed by atoms with Gasteiger partial charge in [0.25, 0.3) is 0 Å². The lowest BCUT2D eigenvalue weighted by molar-refractivity contribution is 0.615. The molecule has 1 saturated heterocycles. The molecule has 3 aromatic rings. The Morgan fingerprint density at radius 1 is 1.41 bits per heavy atom. The van der Waals surface area contributed by atoms with Crippen LogP contribution in [0.25, 0.3) is 22.1 Å². The quantitative estimate of drug-likeness (QED) is 0.755. The van der Waals surface area contributed by atoms with Gasteiger partial charge in [0, 0.05) is 19.1 Å². The van der Waals surface area contributed by atoms with Crippen LogP contribution in [-0.2, 0) is 0 Å². The van der Waals surface area contributed by atoms with Gasteiger partial charge in [-0.1, -0.05) is 17.7 Å². The van der Waals surface area contributed by atoms with Gasteiger partial charge in [-0.3, -0.25) is 0 Å². The Hall–Kier alpha value is -2.05. The van der Waals surface area contributed by atoms with E-state index in [9.17, 15) is 0 Å². The van der Waals surface area contributed by atoms with Gasteiger partial charge < -0.3 is 20.4 Å². The number of halogens is 1. The Morgan fingerprint density at radius 3 is 3.05 bits per heavy atom. The van der Waals surface area contributed by atoms with Crippen LogP contribution in [0.5, 0.6) is 0 Å². The molecule has 7 heteroatoms. The molecule has 1 aromatic carbocycles. The second-order valence-electron chi connectivity index (χ2n) is 5.52. The molecule has 0 amide bonds. The van der Waals surface area contributed by atoms with Gasteiger partial charge in [-0.05, 0) is 25.6 Å². The number of furan rings is 1. The molecule has 4 rings (SSSR count). The highest BCUT2D eigenvalue weighted by Gasteiger charge is 2.26. The van der Waals surface area contributed by atoms with Crippen LogP contribution in [0.1, 0.15) is 6.42 Å². The van der Waals surface area contributed by atoms with E-state index in [4.69, 9.17) is 21.8 Å². The SMILES string of the molecule is CNC1CCN(c2nc(N)nc3c2oc2cccc(Cl)c23)C1. The number of hydrogen-bond acceptors (Lipinski definition) is 6. The summed E-state index contributed by atoms with van der Waals surface area (Å²) in [6.45, 7) is 1.77. The molecule has 0 aliphatic carbocycles. The summed E-state index contributed by atoms with van der Waals surface area (Å²) in [6.07, 6.45) is 1.06. The lowest BCUT2D eigenvalue weighted by Gasteiger charge is -2.17. The number of rotatable bonds is 2. The first-order valence-electron chi connectivity index (χ1n) is 7.24. The molecule has 2 aromatic heterocycles. The standard InChI is InChI=1S/C15H16ClN5O/c1-18-8-5-6-21(7-8)14-13-12(19-15(17)20-14)11-9(16)3-2-4-10(11)22-13/h2-4,8,18H,5-7H2,1H3,(H2,17,19,20). The number of nitrogens with one attached hydrogen (secondary N) is 1. The number of nitrogen functional groups attached to an aromatic ring is 1. The Labute approximate surface area is 132 Å². The molecule has 3 heterocycles. The van der Waals surface area contributed by atoms with Crippen LogP contribution >= 0.6 is 11.6 Å². The van der Waals surface area contributed by atoms with Gasteiger partial charge in [-0.2, -0.15) is 4.98 Å². The minimum atomic E-state index is 0.234. The molecule has 6 nitrogen and oxygen atoms in total. The number of hydrogen-bond donors (Lipinski definition) is 2. The summed E-state index contributed by atoms with van der Waals surface area (Å²) in [5.74, 6) is 0.977. The minimum Gasteiger partial charge on any atom is -0.450 e. The van der Waals surface area contributed by atoms with E-state index in [1.807, 2.05) is 25.2 Å². The van der Waals surface area contributed by atoms with Crippen molar-refractivity contribution in [2.45, 2.75) is 12.5 Å². The maximum atomic E-state index is 6.30. The molecule has 0 saturated carbocycles. The minimum absolute atomic E-state index is 0.234. The molecule has 0 bridgehead atoms. The monoisotopic (exact) mass is 317 g/mol. The van der Waals surface area contributed by atoms with E-state index in [2.05, 4.69) is 20.2 Å². The van der Waals surface area contributed by atoms with E-state index in [0.29, 0.717) is 27.7 Å². The van der Waals surface area contributed by atoms with Gasteiger partial charge in [0.2, 0.25) is 5.95 Å². The second kappa shape index (κ2) is 5.00. The Morgan fingerprint density at radius 2 is 2.27 bits per heavy atom. The molecular formula is C15H16ClN5O. The smallest absolute Gasteiger partial charge is 0.222 e. The third-order valence-corrected chi connectivity index (χ3v) is 4.50. The number of benzene rings is 1. The zero-order valence-electron chi connectivity index (χ0n) is 12.1. The van der Waals surface area contributed by atoms with Gasteiger partial charge in [0.15, 0.2) is 11.4 Å². The van der Waals surface area contributed by atoms with E-state index in [-0.39, 0.29) is 5.95 Å². The highest BCUT2D eigenvalue weighted by atomic mass is 35.5. The molecule has 22 heavy (non-hydrogen) atoms. The van der Waals surface area contributed by atoms with Gasteiger partial charge >= 0.3 is 0 Å². The number of anilines is 2. The van der Waals surface area contributed by atoms with E-state index >= 15 is 0 Å². The summed E-state index contributed by atoms with van der Waals surface area (Å²) >= 11 is 6.30. The summed E-state index contributed by atoms with van der Waals surface area (Å²) in [4.78, 5) is 10.9. The molecule has 114 valence electrons. The van der Waals surface area contributed by atoms with E-state index < -0.39 is 0 Å². The van der Waals surface area contributed by atoms with Crippen molar-refractivity contribution in [1.29, 1.82) is 0 Å². The molecule has 0 radical (unpaired) electrons. The van der Waals surface area contributed by atoms with Gasteiger partial charge in [0.1, 0.15) is 11.1 Å². The van der Waals surface area contributed by atoms with Gasteiger partial charge in [0.05, 0.1) is 10.4 Å². The summed E-state index contributed by atoms with van der Waals surface area (Å²) in [7, 11) is 1.97. The molecule has 3 N–H and O–H groups in total. The third kappa shape index (κ3) is 1.99. The maximum absolute atomic E-state index is 6.30.